The molecule has 1 aliphatic heterocycles. The fraction of sp³-hybridized carbons (Fsp3) is 0.643. The predicted molar refractivity (Wildman–Crippen MR) is 75.7 cm³/mol. The summed E-state index contributed by atoms with van der Waals surface area (Å²) in [5, 5.41) is 6.46. The highest BCUT2D eigenvalue weighted by Crippen LogP contribution is 2.30. The van der Waals surface area contributed by atoms with Crippen molar-refractivity contribution in [3.63, 3.8) is 0 Å². The Balaban J connectivity index is 1.93. The SMILES string of the molecule is CCC1(C(=O)NCc2ccc(C)s2)CCCNC1. The summed E-state index contributed by atoms with van der Waals surface area (Å²) in [6.07, 6.45) is 3.01. The number of hydrogen-bond donors (Lipinski definition) is 2. The van der Waals surface area contributed by atoms with Crippen LogP contribution in [-0.2, 0) is 11.3 Å². The molecule has 0 bridgehead atoms. The summed E-state index contributed by atoms with van der Waals surface area (Å²) < 4.78 is 0. The fourth-order valence-electron chi connectivity index (χ4n) is 2.56. The number of rotatable bonds is 4. The van der Waals surface area contributed by atoms with E-state index in [2.05, 4.69) is 36.6 Å². The lowest BCUT2D eigenvalue weighted by Crippen LogP contribution is -2.49. The molecule has 4 heteroatoms. The van der Waals surface area contributed by atoms with Gasteiger partial charge in [0, 0.05) is 16.3 Å². The van der Waals surface area contributed by atoms with Crippen molar-refractivity contribution in [1.82, 2.24) is 10.6 Å². The van der Waals surface area contributed by atoms with E-state index in [1.165, 1.54) is 9.75 Å². The second-order valence-corrected chi connectivity index (χ2v) is 6.48. The van der Waals surface area contributed by atoms with E-state index in [4.69, 9.17) is 0 Å². The van der Waals surface area contributed by atoms with Gasteiger partial charge >= 0.3 is 0 Å². The molecule has 0 radical (unpaired) electrons. The van der Waals surface area contributed by atoms with Gasteiger partial charge in [-0.25, -0.2) is 0 Å². The number of piperidine rings is 1. The van der Waals surface area contributed by atoms with Crippen molar-refractivity contribution in [1.29, 1.82) is 0 Å². The molecule has 2 heterocycles. The van der Waals surface area contributed by atoms with E-state index in [1.807, 2.05) is 0 Å². The maximum atomic E-state index is 12.4. The molecule has 1 atom stereocenters. The van der Waals surface area contributed by atoms with Crippen molar-refractivity contribution >= 4 is 17.2 Å². The largest absolute Gasteiger partial charge is 0.351 e. The third kappa shape index (κ3) is 2.93. The first-order valence-electron chi connectivity index (χ1n) is 6.71. The minimum atomic E-state index is -0.190. The zero-order valence-electron chi connectivity index (χ0n) is 11.2. The first-order valence-corrected chi connectivity index (χ1v) is 7.52. The third-order valence-corrected chi connectivity index (χ3v) is 4.85. The Morgan fingerprint density at radius 2 is 2.39 bits per heavy atom. The maximum absolute atomic E-state index is 12.4. The molecule has 1 aromatic rings. The van der Waals surface area contributed by atoms with E-state index in [9.17, 15) is 4.79 Å². The van der Waals surface area contributed by atoms with Crippen molar-refractivity contribution < 1.29 is 4.79 Å². The summed E-state index contributed by atoms with van der Waals surface area (Å²) in [6.45, 7) is 6.73. The van der Waals surface area contributed by atoms with Crippen LogP contribution in [0.2, 0.25) is 0 Å². The number of thiophene rings is 1. The Labute approximate surface area is 113 Å². The zero-order valence-corrected chi connectivity index (χ0v) is 12.0. The van der Waals surface area contributed by atoms with Gasteiger partial charge in [0.25, 0.3) is 0 Å². The Kier molecular flexibility index (Phi) is 4.40. The summed E-state index contributed by atoms with van der Waals surface area (Å²) >= 11 is 1.75. The maximum Gasteiger partial charge on any atom is 0.227 e. The Hall–Kier alpha value is -0.870. The third-order valence-electron chi connectivity index (χ3n) is 3.85. The summed E-state index contributed by atoms with van der Waals surface area (Å²) in [4.78, 5) is 14.9. The molecule has 18 heavy (non-hydrogen) atoms. The Morgan fingerprint density at radius 1 is 1.56 bits per heavy atom. The topological polar surface area (TPSA) is 41.1 Å². The minimum Gasteiger partial charge on any atom is -0.351 e. The molecule has 1 aliphatic rings. The lowest BCUT2D eigenvalue weighted by molar-refractivity contribution is -0.132. The first-order chi connectivity index (χ1) is 8.66. The Bertz CT molecular complexity index is 408. The van der Waals surface area contributed by atoms with Crippen LogP contribution in [0, 0.1) is 12.3 Å². The van der Waals surface area contributed by atoms with Crippen LogP contribution in [-0.4, -0.2) is 19.0 Å². The van der Waals surface area contributed by atoms with Gasteiger partial charge in [-0.05, 0) is 44.9 Å². The van der Waals surface area contributed by atoms with Crippen LogP contribution in [0.4, 0.5) is 0 Å². The predicted octanol–water partition coefficient (Wildman–Crippen LogP) is 2.45. The second-order valence-electron chi connectivity index (χ2n) is 5.11. The second kappa shape index (κ2) is 5.85. The molecule has 0 spiro atoms. The molecule has 0 saturated carbocycles. The molecule has 2 rings (SSSR count). The van der Waals surface area contributed by atoms with Crippen LogP contribution in [0.3, 0.4) is 0 Å². The van der Waals surface area contributed by atoms with Gasteiger partial charge in [-0.3, -0.25) is 4.79 Å². The minimum absolute atomic E-state index is 0.190. The number of amides is 1. The molecule has 1 aromatic heterocycles. The normalized spacial score (nSPS) is 23.9. The molecule has 1 unspecified atom stereocenters. The van der Waals surface area contributed by atoms with E-state index >= 15 is 0 Å². The molecule has 0 aromatic carbocycles. The number of carbonyl (C=O) groups is 1. The van der Waals surface area contributed by atoms with Gasteiger partial charge in [0.05, 0.1) is 12.0 Å². The van der Waals surface area contributed by atoms with Gasteiger partial charge in [0.15, 0.2) is 0 Å². The van der Waals surface area contributed by atoms with Crippen LogP contribution in [0.5, 0.6) is 0 Å². The van der Waals surface area contributed by atoms with Crippen molar-refractivity contribution in [2.24, 2.45) is 5.41 Å². The highest BCUT2D eigenvalue weighted by molar-refractivity contribution is 7.11. The molecular weight excluding hydrogens is 244 g/mol. The van der Waals surface area contributed by atoms with E-state index < -0.39 is 0 Å². The standard InChI is InChI=1S/C14H22N2OS/c1-3-14(7-4-8-15-10-14)13(17)16-9-12-6-5-11(2)18-12/h5-6,15H,3-4,7-10H2,1-2H3,(H,16,17). The molecule has 2 N–H and O–H groups in total. The van der Waals surface area contributed by atoms with Gasteiger partial charge < -0.3 is 10.6 Å². The highest BCUT2D eigenvalue weighted by Gasteiger charge is 2.37. The average molecular weight is 266 g/mol. The van der Waals surface area contributed by atoms with Gasteiger partial charge in [-0.1, -0.05) is 6.92 Å². The van der Waals surface area contributed by atoms with Crippen molar-refractivity contribution in [3.05, 3.63) is 21.9 Å². The highest BCUT2D eigenvalue weighted by atomic mass is 32.1. The van der Waals surface area contributed by atoms with Crippen LogP contribution in [0.1, 0.15) is 35.9 Å². The zero-order chi connectivity index (χ0) is 13.0. The Morgan fingerprint density at radius 3 is 2.94 bits per heavy atom. The van der Waals surface area contributed by atoms with Gasteiger partial charge in [0.1, 0.15) is 0 Å². The lowest BCUT2D eigenvalue weighted by Gasteiger charge is -2.35. The number of aryl methyl sites for hydroxylation is 1. The van der Waals surface area contributed by atoms with Gasteiger partial charge in [0.2, 0.25) is 5.91 Å². The monoisotopic (exact) mass is 266 g/mol. The molecule has 1 saturated heterocycles. The van der Waals surface area contributed by atoms with Crippen LogP contribution in [0.25, 0.3) is 0 Å². The van der Waals surface area contributed by atoms with Gasteiger partial charge in [-0.15, -0.1) is 11.3 Å². The van der Waals surface area contributed by atoms with Crippen LogP contribution in [0.15, 0.2) is 12.1 Å². The molecule has 0 aliphatic carbocycles. The van der Waals surface area contributed by atoms with E-state index in [0.717, 1.165) is 32.4 Å². The van der Waals surface area contributed by atoms with E-state index in [0.29, 0.717) is 6.54 Å². The van der Waals surface area contributed by atoms with Crippen LogP contribution >= 0.6 is 11.3 Å². The van der Waals surface area contributed by atoms with Crippen molar-refractivity contribution in [2.75, 3.05) is 13.1 Å². The smallest absolute Gasteiger partial charge is 0.227 e. The summed E-state index contributed by atoms with van der Waals surface area (Å²) in [5.74, 6) is 0.211. The number of carbonyl (C=O) groups excluding carboxylic acids is 1. The number of nitrogens with one attached hydrogen (secondary N) is 2. The van der Waals surface area contributed by atoms with E-state index in [1.54, 1.807) is 11.3 Å². The molecule has 1 fully saturated rings. The van der Waals surface area contributed by atoms with Gasteiger partial charge in [-0.2, -0.15) is 0 Å². The summed E-state index contributed by atoms with van der Waals surface area (Å²) in [7, 11) is 0. The quantitative estimate of drug-likeness (QED) is 0.879. The lowest BCUT2D eigenvalue weighted by atomic mass is 9.77. The first kappa shape index (κ1) is 13.6. The average Bonchev–Trinajstić information content (AvgIpc) is 2.82. The molecule has 1 amide bonds. The number of hydrogen-bond acceptors (Lipinski definition) is 3. The van der Waals surface area contributed by atoms with Crippen molar-refractivity contribution in [3.8, 4) is 0 Å². The summed E-state index contributed by atoms with van der Waals surface area (Å²) in [5.41, 5.74) is -0.190. The summed E-state index contributed by atoms with van der Waals surface area (Å²) in [6, 6.07) is 4.20. The molecule has 100 valence electrons. The van der Waals surface area contributed by atoms with Crippen LogP contribution < -0.4 is 10.6 Å². The molecular formula is C14H22N2OS. The van der Waals surface area contributed by atoms with E-state index in [-0.39, 0.29) is 11.3 Å². The van der Waals surface area contributed by atoms with Crippen molar-refractivity contribution in [2.45, 2.75) is 39.7 Å². The fourth-order valence-corrected chi connectivity index (χ4v) is 3.39. The molecule has 3 nitrogen and oxygen atoms in total.